The van der Waals surface area contributed by atoms with Crippen LogP contribution in [0.2, 0.25) is 0 Å². The van der Waals surface area contributed by atoms with Crippen molar-refractivity contribution >= 4 is 5.97 Å². The first-order valence-corrected chi connectivity index (χ1v) is 3.47. The molecule has 56 valence electrons. The highest BCUT2D eigenvalue weighted by Crippen LogP contribution is 2.32. The molecule has 0 spiro atoms. The maximum atomic E-state index is 10.9. The van der Waals surface area contributed by atoms with E-state index in [4.69, 9.17) is 0 Å². The Hall–Kier alpha value is -0.790. The SMILES string of the molecule is COC(=O)C1=CC(C)C1C. The van der Waals surface area contributed by atoms with Gasteiger partial charge in [-0.1, -0.05) is 19.9 Å². The lowest BCUT2D eigenvalue weighted by Crippen LogP contribution is -2.26. The summed E-state index contributed by atoms with van der Waals surface area (Å²) in [5, 5.41) is 0. The van der Waals surface area contributed by atoms with Crippen molar-refractivity contribution in [2.75, 3.05) is 7.11 Å². The monoisotopic (exact) mass is 140 g/mol. The molecule has 0 aliphatic heterocycles. The van der Waals surface area contributed by atoms with Gasteiger partial charge in [0.1, 0.15) is 0 Å². The summed E-state index contributed by atoms with van der Waals surface area (Å²) in [6.07, 6.45) is 1.95. The number of hydrogen-bond donors (Lipinski definition) is 0. The topological polar surface area (TPSA) is 26.3 Å². The Balaban J connectivity index is 2.61. The minimum absolute atomic E-state index is 0.175. The summed E-state index contributed by atoms with van der Waals surface area (Å²) in [6, 6.07) is 0. The highest BCUT2D eigenvalue weighted by atomic mass is 16.5. The minimum Gasteiger partial charge on any atom is -0.466 e. The molecule has 0 saturated carbocycles. The van der Waals surface area contributed by atoms with E-state index in [0.29, 0.717) is 11.8 Å². The first-order chi connectivity index (χ1) is 4.66. The lowest BCUT2D eigenvalue weighted by Gasteiger charge is -2.28. The fraction of sp³-hybridized carbons (Fsp3) is 0.625. The van der Waals surface area contributed by atoms with E-state index in [9.17, 15) is 4.79 Å². The van der Waals surface area contributed by atoms with Gasteiger partial charge in [-0.05, 0) is 11.8 Å². The zero-order valence-corrected chi connectivity index (χ0v) is 6.55. The number of esters is 1. The molecule has 0 aromatic carbocycles. The molecule has 1 rings (SSSR count). The normalized spacial score (nSPS) is 30.5. The van der Waals surface area contributed by atoms with Crippen LogP contribution < -0.4 is 0 Å². The first kappa shape index (κ1) is 7.32. The van der Waals surface area contributed by atoms with Crippen molar-refractivity contribution < 1.29 is 9.53 Å². The van der Waals surface area contributed by atoms with Crippen molar-refractivity contribution in [2.45, 2.75) is 13.8 Å². The highest BCUT2D eigenvalue weighted by molar-refractivity contribution is 5.90. The second-order valence-corrected chi connectivity index (χ2v) is 2.76. The predicted molar refractivity (Wildman–Crippen MR) is 38.4 cm³/mol. The standard InChI is InChI=1S/C8H12O2/c1-5-4-7(6(5)2)8(9)10-3/h4-6H,1-3H3. The Morgan fingerprint density at radius 1 is 1.60 bits per heavy atom. The fourth-order valence-corrected chi connectivity index (χ4v) is 1.12. The third kappa shape index (κ3) is 0.939. The minimum atomic E-state index is -0.175. The fourth-order valence-electron chi connectivity index (χ4n) is 1.12. The summed E-state index contributed by atoms with van der Waals surface area (Å²) in [5.41, 5.74) is 0.829. The van der Waals surface area contributed by atoms with Crippen LogP contribution in [0.4, 0.5) is 0 Å². The molecule has 0 bridgehead atoms. The molecule has 0 heterocycles. The van der Waals surface area contributed by atoms with Crippen molar-refractivity contribution in [1.82, 2.24) is 0 Å². The van der Waals surface area contributed by atoms with E-state index in [-0.39, 0.29) is 5.97 Å². The summed E-state index contributed by atoms with van der Waals surface area (Å²) in [7, 11) is 1.42. The van der Waals surface area contributed by atoms with Crippen molar-refractivity contribution in [1.29, 1.82) is 0 Å². The molecule has 2 atom stereocenters. The summed E-state index contributed by atoms with van der Waals surface area (Å²) >= 11 is 0. The van der Waals surface area contributed by atoms with E-state index in [0.717, 1.165) is 5.57 Å². The number of hydrogen-bond acceptors (Lipinski definition) is 2. The number of allylic oxidation sites excluding steroid dienone is 1. The van der Waals surface area contributed by atoms with Crippen LogP contribution in [0.15, 0.2) is 11.6 Å². The Kier molecular flexibility index (Phi) is 1.79. The van der Waals surface area contributed by atoms with E-state index in [2.05, 4.69) is 11.7 Å². The zero-order valence-electron chi connectivity index (χ0n) is 6.55. The molecule has 0 N–H and O–H groups in total. The number of carbonyl (C=O) groups is 1. The lowest BCUT2D eigenvalue weighted by atomic mass is 9.77. The maximum absolute atomic E-state index is 10.9. The van der Waals surface area contributed by atoms with Crippen LogP contribution in [0.5, 0.6) is 0 Å². The third-order valence-corrected chi connectivity index (χ3v) is 2.14. The van der Waals surface area contributed by atoms with Crippen LogP contribution in [0.25, 0.3) is 0 Å². The molecule has 0 aromatic rings. The van der Waals surface area contributed by atoms with Crippen molar-refractivity contribution in [3.05, 3.63) is 11.6 Å². The number of rotatable bonds is 1. The van der Waals surface area contributed by atoms with Crippen LogP contribution in [0.3, 0.4) is 0 Å². The Bertz CT molecular complexity index is 182. The third-order valence-electron chi connectivity index (χ3n) is 2.14. The van der Waals surface area contributed by atoms with E-state index in [1.54, 1.807) is 0 Å². The number of carbonyl (C=O) groups excluding carboxylic acids is 1. The van der Waals surface area contributed by atoms with Crippen LogP contribution >= 0.6 is 0 Å². The molecule has 2 unspecified atom stereocenters. The maximum Gasteiger partial charge on any atom is 0.333 e. The predicted octanol–water partition coefficient (Wildman–Crippen LogP) is 1.37. The molecular weight excluding hydrogens is 128 g/mol. The Morgan fingerprint density at radius 3 is 2.50 bits per heavy atom. The molecule has 0 radical (unpaired) electrons. The first-order valence-electron chi connectivity index (χ1n) is 3.47. The average Bonchev–Trinajstić information content (AvgIpc) is 1.98. The van der Waals surface area contributed by atoms with Gasteiger partial charge in [0.15, 0.2) is 0 Å². The van der Waals surface area contributed by atoms with E-state index < -0.39 is 0 Å². The lowest BCUT2D eigenvalue weighted by molar-refractivity contribution is -0.137. The molecule has 0 fully saturated rings. The molecular formula is C8H12O2. The van der Waals surface area contributed by atoms with Crippen LogP contribution in [0.1, 0.15) is 13.8 Å². The Morgan fingerprint density at radius 2 is 2.20 bits per heavy atom. The molecule has 0 saturated heterocycles. The smallest absolute Gasteiger partial charge is 0.333 e. The van der Waals surface area contributed by atoms with Gasteiger partial charge in [-0.25, -0.2) is 4.79 Å². The molecule has 2 heteroatoms. The largest absolute Gasteiger partial charge is 0.466 e. The molecule has 0 amide bonds. The second-order valence-electron chi connectivity index (χ2n) is 2.76. The van der Waals surface area contributed by atoms with Gasteiger partial charge in [0.2, 0.25) is 0 Å². The van der Waals surface area contributed by atoms with Gasteiger partial charge in [-0.15, -0.1) is 0 Å². The second kappa shape index (κ2) is 2.45. The molecule has 0 aromatic heterocycles. The zero-order chi connectivity index (χ0) is 7.72. The van der Waals surface area contributed by atoms with E-state index in [1.165, 1.54) is 7.11 Å². The molecule has 1 aliphatic rings. The molecule has 1 aliphatic carbocycles. The van der Waals surface area contributed by atoms with Crippen molar-refractivity contribution in [2.24, 2.45) is 11.8 Å². The van der Waals surface area contributed by atoms with Gasteiger partial charge in [0, 0.05) is 5.57 Å². The Labute approximate surface area is 60.9 Å². The number of methoxy groups -OCH3 is 1. The van der Waals surface area contributed by atoms with Gasteiger partial charge in [0.25, 0.3) is 0 Å². The van der Waals surface area contributed by atoms with Crippen LogP contribution in [-0.2, 0) is 9.53 Å². The average molecular weight is 140 g/mol. The van der Waals surface area contributed by atoms with Gasteiger partial charge in [-0.3, -0.25) is 0 Å². The van der Waals surface area contributed by atoms with E-state index in [1.807, 2.05) is 13.0 Å². The summed E-state index contributed by atoms with van der Waals surface area (Å²) < 4.78 is 4.57. The highest BCUT2D eigenvalue weighted by Gasteiger charge is 2.29. The van der Waals surface area contributed by atoms with Crippen molar-refractivity contribution in [3.8, 4) is 0 Å². The summed E-state index contributed by atoms with van der Waals surface area (Å²) in [5.74, 6) is 0.743. The van der Waals surface area contributed by atoms with Gasteiger partial charge >= 0.3 is 5.97 Å². The van der Waals surface area contributed by atoms with Crippen molar-refractivity contribution in [3.63, 3.8) is 0 Å². The quantitative estimate of drug-likeness (QED) is 0.514. The van der Waals surface area contributed by atoms with Gasteiger partial charge < -0.3 is 4.74 Å². The van der Waals surface area contributed by atoms with Gasteiger partial charge in [0.05, 0.1) is 7.11 Å². The van der Waals surface area contributed by atoms with E-state index >= 15 is 0 Å². The van der Waals surface area contributed by atoms with Gasteiger partial charge in [-0.2, -0.15) is 0 Å². The van der Waals surface area contributed by atoms with Crippen LogP contribution in [0, 0.1) is 11.8 Å². The van der Waals surface area contributed by atoms with Crippen LogP contribution in [-0.4, -0.2) is 13.1 Å². The summed E-state index contributed by atoms with van der Waals surface area (Å²) in [4.78, 5) is 10.9. The molecule has 10 heavy (non-hydrogen) atoms. The molecule has 2 nitrogen and oxygen atoms in total. The summed E-state index contributed by atoms with van der Waals surface area (Å²) in [6.45, 7) is 4.13. The number of ether oxygens (including phenoxy) is 1.